The molecule has 2 atom stereocenters. The maximum Gasteiger partial charge on any atom is 0.308 e. The molecule has 0 aromatic carbocycles. The lowest BCUT2D eigenvalue weighted by Crippen LogP contribution is -2.40. The first-order chi connectivity index (χ1) is 9.65. The number of aromatic nitrogens is 2. The Morgan fingerprint density at radius 2 is 2.20 bits per heavy atom. The lowest BCUT2D eigenvalue weighted by atomic mass is 10.0. The van der Waals surface area contributed by atoms with Gasteiger partial charge in [-0.15, -0.1) is 0 Å². The lowest BCUT2D eigenvalue weighted by Gasteiger charge is -2.17. The summed E-state index contributed by atoms with van der Waals surface area (Å²) in [5.74, 6) is -1.55. The zero-order valence-corrected chi connectivity index (χ0v) is 10.8. The second kappa shape index (κ2) is 4.96. The molecule has 2 N–H and O–H groups in total. The molecule has 20 heavy (non-hydrogen) atoms. The van der Waals surface area contributed by atoms with Crippen molar-refractivity contribution in [3.63, 3.8) is 0 Å². The van der Waals surface area contributed by atoms with Crippen molar-refractivity contribution in [3.8, 4) is 0 Å². The maximum atomic E-state index is 12.2. The molecule has 1 amide bonds. The number of amides is 1. The number of pyridine rings is 1. The van der Waals surface area contributed by atoms with Crippen LogP contribution < -0.4 is 5.32 Å². The van der Waals surface area contributed by atoms with Crippen LogP contribution in [0.3, 0.4) is 0 Å². The molecule has 2 heterocycles. The molecule has 0 aliphatic heterocycles. The van der Waals surface area contributed by atoms with Crippen LogP contribution in [0.2, 0.25) is 0 Å². The fraction of sp³-hybridized carbons (Fsp3) is 0.357. The molecule has 3 rings (SSSR count). The Balaban J connectivity index is 1.77. The summed E-state index contributed by atoms with van der Waals surface area (Å²) < 4.78 is 1.76. The molecule has 1 saturated carbocycles. The molecule has 2 aromatic heterocycles. The van der Waals surface area contributed by atoms with Crippen molar-refractivity contribution in [2.45, 2.75) is 25.3 Å². The van der Waals surface area contributed by atoms with Crippen LogP contribution in [-0.4, -0.2) is 32.4 Å². The summed E-state index contributed by atoms with van der Waals surface area (Å²) in [5.41, 5.74) is 1.28. The number of carboxylic acid groups (broad SMARTS) is 1. The highest BCUT2D eigenvalue weighted by Crippen LogP contribution is 2.26. The molecular formula is C14H15N3O3. The van der Waals surface area contributed by atoms with Crippen LogP contribution in [-0.2, 0) is 4.79 Å². The molecule has 1 aliphatic rings. The molecule has 1 fully saturated rings. The first-order valence-electron chi connectivity index (χ1n) is 6.61. The van der Waals surface area contributed by atoms with Crippen molar-refractivity contribution in [3.05, 3.63) is 36.3 Å². The Morgan fingerprint density at radius 1 is 1.35 bits per heavy atom. The van der Waals surface area contributed by atoms with Crippen molar-refractivity contribution < 1.29 is 14.7 Å². The van der Waals surface area contributed by atoms with E-state index in [2.05, 4.69) is 10.3 Å². The number of hydrogen-bond donors (Lipinski definition) is 2. The van der Waals surface area contributed by atoms with Crippen LogP contribution in [0.25, 0.3) is 5.65 Å². The molecule has 2 aromatic rings. The van der Waals surface area contributed by atoms with E-state index in [0.29, 0.717) is 12.0 Å². The summed E-state index contributed by atoms with van der Waals surface area (Å²) in [7, 11) is 0. The Hall–Kier alpha value is -2.37. The van der Waals surface area contributed by atoms with E-state index in [-0.39, 0.29) is 11.9 Å². The van der Waals surface area contributed by atoms with Crippen LogP contribution in [0.5, 0.6) is 0 Å². The van der Waals surface area contributed by atoms with Gasteiger partial charge in [0.2, 0.25) is 0 Å². The number of nitrogens with zero attached hydrogens (tertiary/aromatic N) is 2. The molecule has 1 aliphatic carbocycles. The number of fused-ring (bicyclic) bond motifs is 1. The normalized spacial score (nSPS) is 22.0. The van der Waals surface area contributed by atoms with E-state index in [4.69, 9.17) is 5.11 Å². The van der Waals surface area contributed by atoms with Gasteiger partial charge in [-0.3, -0.25) is 9.59 Å². The number of nitrogens with one attached hydrogen (secondary N) is 1. The zero-order valence-electron chi connectivity index (χ0n) is 10.8. The van der Waals surface area contributed by atoms with Gasteiger partial charge in [-0.2, -0.15) is 0 Å². The third kappa shape index (κ3) is 2.24. The second-order valence-electron chi connectivity index (χ2n) is 5.07. The summed E-state index contributed by atoms with van der Waals surface area (Å²) in [6, 6.07) is 3.18. The first kappa shape index (κ1) is 12.7. The molecule has 6 nitrogen and oxygen atoms in total. The predicted molar refractivity (Wildman–Crippen MR) is 71.4 cm³/mol. The smallest absolute Gasteiger partial charge is 0.308 e. The quantitative estimate of drug-likeness (QED) is 0.883. The minimum absolute atomic E-state index is 0.237. The molecular weight excluding hydrogens is 258 g/mol. The Bertz CT molecular complexity index is 664. The number of carboxylic acids is 1. The minimum atomic E-state index is -0.835. The molecule has 0 radical (unpaired) electrons. The molecule has 104 valence electrons. The first-order valence-corrected chi connectivity index (χ1v) is 6.61. The van der Waals surface area contributed by atoms with Gasteiger partial charge in [-0.25, -0.2) is 4.98 Å². The fourth-order valence-electron chi connectivity index (χ4n) is 2.73. The van der Waals surface area contributed by atoms with Crippen LogP contribution in [0, 0.1) is 5.92 Å². The van der Waals surface area contributed by atoms with Crippen molar-refractivity contribution in [1.82, 2.24) is 14.7 Å². The number of rotatable bonds is 3. The Morgan fingerprint density at radius 3 is 3.00 bits per heavy atom. The van der Waals surface area contributed by atoms with Crippen LogP contribution in [0.15, 0.2) is 30.7 Å². The predicted octanol–water partition coefficient (Wildman–Crippen LogP) is 1.32. The average Bonchev–Trinajstić information content (AvgIpc) is 3.05. The van der Waals surface area contributed by atoms with Crippen LogP contribution in [0.4, 0.5) is 0 Å². The van der Waals surface area contributed by atoms with Gasteiger partial charge in [0, 0.05) is 24.6 Å². The van der Waals surface area contributed by atoms with Gasteiger partial charge in [-0.1, -0.05) is 6.42 Å². The lowest BCUT2D eigenvalue weighted by molar-refractivity contribution is -0.142. The van der Waals surface area contributed by atoms with Gasteiger partial charge in [0.1, 0.15) is 5.65 Å². The summed E-state index contributed by atoms with van der Waals surface area (Å²) >= 11 is 0. The summed E-state index contributed by atoms with van der Waals surface area (Å²) in [6.07, 6.45) is 7.30. The fourth-order valence-corrected chi connectivity index (χ4v) is 2.73. The van der Waals surface area contributed by atoms with Gasteiger partial charge >= 0.3 is 5.97 Å². The van der Waals surface area contributed by atoms with Crippen LogP contribution in [0.1, 0.15) is 29.6 Å². The summed E-state index contributed by atoms with van der Waals surface area (Å²) in [6.45, 7) is 0. The van der Waals surface area contributed by atoms with E-state index in [1.54, 1.807) is 35.1 Å². The van der Waals surface area contributed by atoms with Gasteiger partial charge in [0.15, 0.2) is 0 Å². The van der Waals surface area contributed by atoms with E-state index in [1.165, 1.54) is 0 Å². The van der Waals surface area contributed by atoms with E-state index in [9.17, 15) is 9.59 Å². The number of aliphatic carboxylic acids is 1. The van der Waals surface area contributed by atoms with Crippen LogP contribution >= 0.6 is 0 Å². The zero-order chi connectivity index (χ0) is 14.1. The van der Waals surface area contributed by atoms with E-state index >= 15 is 0 Å². The van der Waals surface area contributed by atoms with Crippen molar-refractivity contribution in [2.24, 2.45) is 5.92 Å². The summed E-state index contributed by atoms with van der Waals surface area (Å²) in [4.78, 5) is 27.4. The van der Waals surface area contributed by atoms with Crippen molar-refractivity contribution in [2.75, 3.05) is 0 Å². The molecule has 0 spiro atoms. The third-order valence-electron chi connectivity index (χ3n) is 3.80. The van der Waals surface area contributed by atoms with Gasteiger partial charge in [0.25, 0.3) is 5.91 Å². The van der Waals surface area contributed by atoms with E-state index in [1.807, 2.05) is 0 Å². The number of carbonyl (C=O) groups excluding carboxylic acids is 1. The molecule has 6 heteroatoms. The van der Waals surface area contributed by atoms with Crippen molar-refractivity contribution in [1.29, 1.82) is 0 Å². The Labute approximate surface area is 115 Å². The standard InChI is InChI=1S/C14H15N3O3/c18-13(16-11-3-1-2-10(11)14(19)20)9-4-5-12-15-6-7-17(12)8-9/h4-8,10-11H,1-3H2,(H,16,18)(H,19,20)/t10-,11+/m1/s1. The highest BCUT2D eigenvalue weighted by molar-refractivity contribution is 5.94. The maximum absolute atomic E-state index is 12.2. The highest BCUT2D eigenvalue weighted by atomic mass is 16.4. The monoisotopic (exact) mass is 273 g/mol. The second-order valence-corrected chi connectivity index (χ2v) is 5.07. The highest BCUT2D eigenvalue weighted by Gasteiger charge is 2.34. The average molecular weight is 273 g/mol. The van der Waals surface area contributed by atoms with Gasteiger partial charge in [0.05, 0.1) is 11.5 Å². The molecule has 0 unspecified atom stereocenters. The SMILES string of the molecule is O=C(N[C@H]1CCC[C@H]1C(=O)O)c1ccc2nccn2c1. The van der Waals surface area contributed by atoms with E-state index in [0.717, 1.165) is 18.5 Å². The largest absolute Gasteiger partial charge is 0.481 e. The third-order valence-corrected chi connectivity index (χ3v) is 3.80. The number of hydrogen-bond acceptors (Lipinski definition) is 3. The minimum Gasteiger partial charge on any atom is -0.481 e. The summed E-state index contributed by atoms with van der Waals surface area (Å²) in [5, 5.41) is 11.9. The number of imidazole rings is 1. The Kier molecular flexibility index (Phi) is 3.14. The van der Waals surface area contributed by atoms with Gasteiger partial charge in [-0.05, 0) is 25.0 Å². The number of carbonyl (C=O) groups is 2. The van der Waals surface area contributed by atoms with E-state index < -0.39 is 11.9 Å². The molecule has 0 saturated heterocycles. The topological polar surface area (TPSA) is 83.7 Å². The van der Waals surface area contributed by atoms with Gasteiger partial charge < -0.3 is 14.8 Å². The molecule has 0 bridgehead atoms. The van der Waals surface area contributed by atoms with Crippen molar-refractivity contribution >= 4 is 17.5 Å².